The number of ether oxygens (including phenoxy) is 2. The van der Waals surface area contributed by atoms with Crippen LogP contribution in [-0.4, -0.2) is 23.0 Å². The first-order valence-electron chi connectivity index (χ1n) is 6.88. The van der Waals surface area contributed by atoms with Gasteiger partial charge in [-0.15, -0.1) is 0 Å². The predicted molar refractivity (Wildman–Crippen MR) is 77.3 cm³/mol. The van der Waals surface area contributed by atoms with Crippen molar-refractivity contribution in [2.24, 2.45) is 7.05 Å². The summed E-state index contributed by atoms with van der Waals surface area (Å²) in [6.07, 6.45) is 2.73. The van der Waals surface area contributed by atoms with Gasteiger partial charge in [-0.2, -0.15) is 5.10 Å². The Balaban J connectivity index is 1.78. The number of nitrogens with zero attached hydrogens (tertiary/aromatic N) is 2. The minimum Gasteiger partial charge on any atom is -0.490 e. The number of nitrogens with one attached hydrogen (secondary N) is 1. The van der Waals surface area contributed by atoms with Crippen LogP contribution >= 0.6 is 0 Å². The van der Waals surface area contributed by atoms with Crippen molar-refractivity contribution in [1.29, 1.82) is 0 Å². The van der Waals surface area contributed by atoms with Crippen molar-refractivity contribution in [3.05, 3.63) is 36.2 Å². The molecule has 0 spiro atoms. The number of aryl methyl sites for hydroxylation is 1. The zero-order valence-corrected chi connectivity index (χ0v) is 11.8. The number of anilines is 1. The fourth-order valence-electron chi connectivity index (χ4n) is 2.39. The molecule has 0 saturated carbocycles. The Morgan fingerprint density at radius 2 is 2.00 bits per heavy atom. The maximum Gasteiger partial charge on any atom is 0.163 e. The molecule has 1 aliphatic heterocycles. The lowest BCUT2D eigenvalue weighted by molar-refractivity contribution is 0.297. The van der Waals surface area contributed by atoms with Crippen LogP contribution in [0.5, 0.6) is 11.5 Å². The number of hydrogen-bond acceptors (Lipinski definition) is 4. The summed E-state index contributed by atoms with van der Waals surface area (Å²) >= 11 is 0. The molecule has 0 amide bonds. The first kappa shape index (κ1) is 12.8. The van der Waals surface area contributed by atoms with Gasteiger partial charge >= 0.3 is 0 Å². The van der Waals surface area contributed by atoms with Crippen molar-refractivity contribution in [2.75, 3.05) is 18.5 Å². The van der Waals surface area contributed by atoms with Crippen molar-refractivity contribution < 1.29 is 9.47 Å². The lowest BCUT2D eigenvalue weighted by Gasteiger charge is -2.17. The van der Waals surface area contributed by atoms with Crippen molar-refractivity contribution in [2.45, 2.75) is 19.4 Å². The Labute approximate surface area is 118 Å². The number of rotatable bonds is 3. The molecular weight excluding hydrogens is 254 g/mol. The second-order valence-electron chi connectivity index (χ2n) is 4.96. The second kappa shape index (κ2) is 5.45. The minimum atomic E-state index is 0.173. The zero-order valence-electron chi connectivity index (χ0n) is 11.8. The van der Waals surface area contributed by atoms with E-state index in [1.54, 1.807) is 0 Å². The Bertz CT molecular complexity index is 595. The Kier molecular flexibility index (Phi) is 3.50. The number of hydrogen-bond donors (Lipinski definition) is 1. The molecule has 5 heteroatoms. The number of fused-ring (bicyclic) bond motifs is 1. The van der Waals surface area contributed by atoms with Gasteiger partial charge in [-0.25, -0.2) is 0 Å². The fraction of sp³-hybridized carbons (Fsp3) is 0.400. The third kappa shape index (κ3) is 2.57. The molecule has 1 N–H and O–H groups in total. The average Bonchev–Trinajstić information content (AvgIpc) is 2.73. The number of aromatic nitrogens is 2. The van der Waals surface area contributed by atoms with Crippen LogP contribution in [0.4, 0.5) is 5.69 Å². The van der Waals surface area contributed by atoms with Crippen LogP contribution < -0.4 is 14.8 Å². The molecule has 1 aromatic carbocycles. The highest BCUT2D eigenvalue weighted by atomic mass is 16.5. The molecule has 106 valence electrons. The quantitative estimate of drug-likeness (QED) is 0.934. The summed E-state index contributed by atoms with van der Waals surface area (Å²) < 4.78 is 13.2. The van der Waals surface area contributed by atoms with Gasteiger partial charge < -0.3 is 14.8 Å². The van der Waals surface area contributed by atoms with E-state index in [9.17, 15) is 0 Å². The maximum atomic E-state index is 5.70. The molecule has 0 aliphatic carbocycles. The summed E-state index contributed by atoms with van der Waals surface area (Å²) in [5.74, 6) is 1.63. The van der Waals surface area contributed by atoms with Crippen LogP contribution in [0.15, 0.2) is 30.5 Å². The highest BCUT2D eigenvalue weighted by Crippen LogP contribution is 2.33. The van der Waals surface area contributed by atoms with E-state index in [0.717, 1.165) is 29.3 Å². The monoisotopic (exact) mass is 273 g/mol. The van der Waals surface area contributed by atoms with E-state index in [2.05, 4.69) is 17.3 Å². The summed E-state index contributed by atoms with van der Waals surface area (Å²) in [4.78, 5) is 0. The van der Waals surface area contributed by atoms with Gasteiger partial charge in [0.05, 0.1) is 24.9 Å². The molecule has 1 aliphatic rings. The van der Waals surface area contributed by atoms with Gasteiger partial charge in [0.25, 0.3) is 0 Å². The third-order valence-corrected chi connectivity index (χ3v) is 3.43. The van der Waals surface area contributed by atoms with E-state index in [1.807, 2.05) is 42.2 Å². The molecule has 1 aromatic heterocycles. The third-order valence-electron chi connectivity index (χ3n) is 3.43. The SMILES string of the molecule is CC(Nc1ccc2c(c1)OCCCO2)c1ccnn1C. The van der Waals surface area contributed by atoms with Crippen molar-refractivity contribution >= 4 is 5.69 Å². The van der Waals surface area contributed by atoms with Gasteiger partial charge in [0.1, 0.15) is 0 Å². The molecule has 0 saturated heterocycles. The molecule has 1 atom stereocenters. The average molecular weight is 273 g/mol. The first-order valence-corrected chi connectivity index (χ1v) is 6.88. The number of benzene rings is 1. The summed E-state index contributed by atoms with van der Waals surface area (Å²) in [5, 5.41) is 7.65. The van der Waals surface area contributed by atoms with Crippen LogP contribution in [0.2, 0.25) is 0 Å². The molecule has 3 rings (SSSR count). The van der Waals surface area contributed by atoms with E-state index in [1.165, 1.54) is 0 Å². The van der Waals surface area contributed by atoms with E-state index in [4.69, 9.17) is 9.47 Å². The summed E-state index contributed by atoms with van der Waals surface area (Å²) in [5.41, 5.74) is 2.15. The van der Waals surface area contributed by atoms with Gasteiger partial charge in [0.15, 0.2) is 11.5 Å². The van der Waals surface area contributed by atoms with E-state index < -0.39 is 0 Å². The molecule has 20 heavy (non-hydrogen) atoms. The molecule has 2 aromatic rings. The lowest BCUT2D eigenvalue weighted by atomic mass is 10.2. The van der Waals surface area contributed by atoms with Gasteiger partial charge in [-0.3, -0.25) is 4.68 Å². The zero-order chi connectivity index (χ0) is 13.9. The standard InChI is InChI=1S/C15H19N3O2/c1-11(13-6-7-16-18(13)2)17-12-4-5-14-15(10-12)20-9-3-8-19-14/h4-7,10-11,17H,3,8-9H2,1-2H3. The predicted octanol–water partition coefficient (Wildman–Crippen LogP) is 2.75. The molecular formula is C15H19N3O2. The van der Waals surface area contributed by atoms with Gasteiger partial charge in [0, 0.05) is 31.4 Å². The smallest absolute Gasteiger partial charge is 0.163 e. The topological polar surface area (TPSA) is 48.3 Å². The fourth-order valence-corrected chi connectivity index (χ4v) is 2.39. The van der Waals surface area contributed by atoms with Gasteiger partial charge in [-0.1, -0.05) is 0 Å². The second-order valence-corrected chi connectivity index (χ2v) is 4.96. The first-order chi connectivity index (χ1) is 9.74. The highest BCUT2D eigenvalue weighted by molar-refractivity contribution is 5.55. The van der Waals surface area contributed by atoms with E-state index in [-0.39, 0.29) is 6.04 Å². The van der Waals surface area contributed by atoms with E-state index in [0.29, 0.717) is 13.2 Å². The molecule has 2 heterocycles. The van der Waals surface area contributed by atoms with Crippen LogP contribution in [0, 0.1) is 0 Å². The lowest BCUT2D eigenvalue weighted by Crippen LogP contribution is -2.11. The van der Waals surface area contributed by atoms with Gasteiger partial charge in [0.2, 0.25) is 0 Å². The summed E-state index contributed by atoms with van der Waals surface area (Å²) in [7, 11) is 1.95. The van der Waals surface area contributed by atoms with Crippen LogP contribution in [0.1, 0.15) is 25.1 Å². The minimum absolute atomic E-state index is 0.173. The Morgan fingerprint density at radius 3 is 2.75 bits per heavy atom. The molecule has 5 nitrogen and oxygen atoms in total. The molecule has 0 fully saturated rings. The molecule has 1 unspecified atom stereocenters. The summed E-state index contributed by atoms with van der Waals surface area (Å²) in [6.45, 7) is 3.53. The van der Waals surface area contributed by atoms with Crippen molar-refractivity contribution in [3.8, 4) is 11.5 Å². The largest absolute Gasteiger partial charge is 0.490 e. The Morgan fingerprint density at radius 1 is 1.20 bits per heavy atom. The Hall–Kier alpha value is -2.17. The molecule has 0 bridgehead atoms. The van der Waals surface area contributed by atoms with Gasteiger partial charge in [-0.05, 0) is 25.1 Å². The van der Waals surface area contributed by atoms with Crippen molar-refractivity contribution in [3.63, 3.8) is 0 Å². The normalized spacial score (nSPS) is 15.5. The van der Waals surface area contributed by atoms with Crippen LogP contribution in [-0.2, 0) is 7.05 Å². The maximum absolute atomic E-state index is 5.70. The van der Waals surface area contributed by atoms with Crippen LogP contribution in [0.3, 0.4) is 0 Å². The summed E-state index contributed by atoms with van der Waals surface area (Å²) in [6, 6.07) is 8.15. The highest BCUT2D eigenvalue weighted by Gasteiger charge is 2.13. The van der Waals surface area contributed by atoms with E-state index >= 15 is 0 Å². The molecule has 0 radical (unpaired) electrons. The van der Waals surface area contributed by atoms with Crippen molar-refractivity contribution in [1.82, 2.24) is 9.78 Å². The van der Waals surface area contributed by atoms with Crippen LogP contribution in [0.25, 0.3) is 0 Å².